The number of hydrazine groups is 1. The van der Waals surface area contributed by atoms with Crippen LogP contribution in [0.4, 0.5) is 0 Å². The van der Waals surface area contributed by atoms with Crippen LogP contribution in [0.1, 0.15) is 13.3 Å². The fourth-order valence-corrected chi connectivity index (χ4v) is 0.778. The van der Waals surface area contributed by atoms with E-state index < -0.39 is 0 Å². The van der Waals surface area contributed by atoms with Gasteiger partial charge in [0.05, 0.1) is 26.4 Å². The lowest BCUT2D eigenvalue weighted by Crippen LogP contribution is -2.38. The summed E-state index contributed by atoms with van der Waals surface area (Å²) in [5.74, 6) is -0.0266. The highest BCUT2D eigenvalue weighted by atomic mass is 16.5. The normalized spacial score (nSPS) is 10.3. The Kier molecular flexibility index (Phi) is 10.9. The van der Waals surface area contributed by atoms with Gasteiger partial charge in [-0.2, -0.15) is 0 Å². The molecule has 0 radical (unpaired) electrons. The van der Waals surface area contributed by atoms with Crippen LogP contribution in [0.2, 0.25) is 0 Å². The molecule has 6 nitrogen and oxygen atoms in total. The van der Waals surface area contributed by atoms with Crippen LogP contribution in [0.15, 0.2) is 0 Å². The molecular formula is C9H21N3O3. The maximum absolute atomic E-state index is 10.8. The number of amides is 1. The molecule has 0 bridgehead atoms. The smallest absolute Gasteiger partial charge is 0.233 e. The lowest BCUT2D eigenvalue weighted by atomic mass is 10.5. The second-order valence-corrected chi connectivity index (χ2v) is 2.84. The van der Waals surface area contributed by atoms with Gasteiger partial charge in [0.25, 0.3) is 0 Å². The Hall–Kier alpha value is -0.690. The van der Waals surface area contributed by atoms with Crippen LogP contribution in [0.3, 0.4) is 0 Å². The first-order valence-corrected chi connectivity index (χ1v) is 5.18. The first-order chi connectivity index (χ1) is 7.31. The van der Waals surface area contributed by atoms with E-state index in [9.17, 15) is 4.79 Å². The summed E-state index contributed by atoms with van der Waals surface area (Å²) in [6.07, 6.45) is 0.473. The molecule has 0 heterocycles. The molecule has 0 atom stereocenters. The lowest BCUT2D eigenvalue weighted by molar-refractivity contribution is -0.121. The van der Waals surface area contributed by atoms with Crippen molar-refractivity contribution in [1.29, 1.82) is 0 Å². The fraction of sp³-hybridized carbons (Fsp3) is 0.889. The molecule has 0 aromatic heterocycles. The third kappa shape index (κ3) is 11.2. The van der Waals surface area contributed by atoms with Gasteiger partial charge in [-0.3, -0.25) is 10.2 Å². The van der Waals surface area contributed by atoms with E-state index in [2.05, 4.69) is 10.9 Å². The summed E-state index contributed by atoms with van der Waals surface area (Å²) >= 11 is 0. The van der Waals surface area contributed by atoms with E-state index in [-0.39, 0.29) is 5.91 Å². The lowest BCUT2D eigenvalue weighted by Gasteiger charge is -2.07. The predicted octanol–water partition coefficient (Wildman–Crippen LogP) is -0.991. The van der Waals surface area contributed by atoms with E-state index in [1.807, 2.05) is 0 Å². The minimum atomic E-state index is -0.0266. The Balaban J connectivity index is 2.95. The molecule has 0 unspecified atom stereocenters. The van der Waals surface area contributed by atoms with Crippen molar-refractivity contribution >= 4 is 5.91 Å². The van der Waals surface area contributed by atoms with Crippen molar-refractivity contribution in [2.24, 2.45) is 5.73 Å². The average molecular weight is 219 g/mol. The van der Waals surface area contributed by atoms with Crippen LogP contribution in [0.5, 0.6) is 0 Å². The van der Waals surface area contributed by atoms with Crippen molar-refractivity contribution in [3.8, 4) is 0 Å². The third-order valence-electron chi connectivity index (χ3n) is 1.55. The van der Waals surface area contributed by atoms with Crippen LogP contribution < -0.4 is 16.6 Å². The van der Waals surface area contributed by atoms with Crippen molar-refractivity contribution in [3.63, 3.8) is 0 Å². The SMILES string of the molecule is CCC(=O)NNCCOCCOCCN. The number of hydrogen-bond acceptors (Lipinski definition) is 5. The van der Waals surface area contributed by atoms with Gasteiger partial charge in [0.1, 0.15) is 0 Å². The molecule has 0 saturated heterocycles. The second kappa shape index (κ2) is 11.4. The quantitative estimate of drug-likeness (QED) is 0.324. The Morgan fingerprint density at radius 3 is 2.47 bits per heavy atom. The maximum atomic E-state index is 10.8. The fourth-order valence-electron chi connectivity index (χ4n) is 0.778. The van der Waals surface area contributed by atoms with Crippen molar-refractivity contribution in [2.75, 3.05) is 39.5 Å². The minimum absolute atomic E-state index is 0.0266. The number of nitrogens with one attached hydrogen (secondary N) is 2. The minimum Gasteiger partial charge on any atom is -0.378 e. The molecular weight excluding hydrogens is 198 g/mol. The van der Waals surface area contributed by atoms with Crippen LogP contribution in [0, 0.1) is 0 Å². The van der Waals surface area contributed by atoms with E-state index in [0.717, 1.165) is 0 Å². The summed E-state index contributed by atoms with van der Waals surface area (Å²) in [6, 6.07) is 0. The molecule has 1 amide bonds. The van der Waals surface area contributed by atoms with Crippen LogP contribution in [-0.4, -0.2) is 45.4 Å². The number of hydrogen-bond donors (Lipinski definition) is 3. The van der Waals surface area contributed by atoms with Gasteiger partial charge < -0.3 is 15.2 Å². The maximum Gasteiger partial charge on any atom is 0.233 e. The zero-order valence-electron chi connectivity index (χ0n) is 9.25. The standard InChI is InChI=1S/C9H21N3O3/c1-2-9(13)12-11-4-6-15-8-7-14-5-3-10/h11H,2-8,10H2,1H3,(H,12,13). The van der Waals surface area contributed by atoms with E-state index in [1.54, 1.807) is 6.92 Å². The Morgan fingerprint density at radius 1 is 1.20 bits per heavy atom. The van der Waals surface area contributed by atoms with Gasteiger partial charge in [-0.15, -0.1) is 0 Å². The molecule has 0 aliphatic carbocycles. The van der Waals surface area contributed by atoms with Crippen molar-refractivity contribution in [2.45, 2.75) is 13.3 Å². The highest BCUT2D eigenvalue weighted by Crippen LogP contribution is 1.77. The first kappa shape index (κ1) is 14.3. The van der Waals surface area contributed by atoms with E-state index >= 15 is 0 Å². The summed E-state index contributed by atoms with van der Waals surface area (Å²) in [5.41, 5.74) is 10.5. The molecule has 4 N–H and O–H groups in total. The number of ether oxygens (including phenoxy) is 2. The van der Waals surface area contributed by atoms with Crippen molar-refractivity contribution < 1.29 is 14.3 Å². The highest BCUT2D eigenvalue weighted by molar-refractivity contribution is 5.74. The van der Waals surface area contributed by atoms with E-state index in [0.29, 0.717) is 45.9 Å². The summed E-state index contributed by atoms with van der Waals surface area (Å²) in [7, 11) is 0. The second-order valence-electron chi connectivity index (χ2n) is 2.84. The molecule has 0 aromatic rings. The first-order valence-electron chi connectivity index (χ1n) is 5.18. The molecule has 90 valence electrons. The summed E-state index contributed by atoms with van der Waals surface area (Å²) in [6.45, 7) is 5.11. The van der Waals surface area contributed by atoms with Gasteiger partial charge in [-0.25, -0.2) is 5.43 Å². The van der Waals surface area contributed by atoms with E-state index in [4.69, 9.17) is 15.2 Å². The van der Waals surface area contributed by atoms with Gasteiger partial charge in [0.15, 0.2) is 0 Å². The molecule has 6 heteroatoms. The predicted molar refractivity (Wildman–Crippen MR) is 57.1 cm³/mol. The van der Waals surface area contributed by atoms with Crippen LogP contribution in [0.25, 0.3) is 0 Å². The number of carbonyl (C=O) groups excluding carboxylic acids is 1. The molecule has 0 spiro atoms. The Labute approximate surface area is 90.5 Å². The molecule has 0 rings (SSSR count). The largest absolute Gasteiger partial charge is 0.378 e. The van der Waals surface area contributed by atoms with Crippen molar-refractivity contribution in [3.05, 3.63) is 0 Å². The molecule has 0 fully saturated rings. The van der Waals surface area contributed by atoms with Crippen molar-refractivity contribution in [1.82, 2.24) is 10.9 Å². The zero-order valence-corrected chi connectivity index (χ0v) is 9.25. The van der Waals surface area contributed by atoms with Crippen LogP contribution >= 0.6 is 0 Å². The van der Waals surface area contributed by atoms with Gasteiger partial charge in [-0.05, 0) is 0 Å². The summed E-state index contributed by atoms with van der Waals surface area (Å²) in [4.78, 5) is 10.8. The number of carbonyl (C=O) groups is 1. The number of rotatable bonds is 10. The third-order valence-corrected chi connectivity index (χ3v) is 1.55. The summed E-state index contributed by atoms with van der Waals surface area (Å²) < 4.78 is 10.3. The molecule has 0 saturated carbocycles. The summed E-state index contributed by atoms with van der Waals surface area (Å²) in [5, 5.41) is 0. The molecule has 0 aliphatic rings. The van der Waals surface area contributed by atoms with Gasteiger partial charge in [-0.1, -0.05) is 6.92 Å². The van der Waals surface area contributed by atoms with Gasteiger partial charge in [0, 0.05) is 19.5 Å². The monoisotopic (exact) mass is 219 g/mol. The molecule has 0 aromatic carbocycles. The molecule has 0 aliphatic heterocycles. The number of nitrogens with two attached hydrogens (primary N) is 1. The van der Waals surface area contributed by atoms with Crippen LogP contribution in [-0.2, 0) is 14.3 Å². The van der Waals surface area contributed by atoms with Gasteiger partial charge in [0.2, 0.25) is 5.91 Å². The molecule has 15 heavy (non-hydrogen) atoms. The Bertz CT molecular complexity index is 156. The zero-order chi connectivity index (χ0) is 11.4. The van der Waals surface area contributed by atoms with Gasteiger partial charge >= 0.3 is 0 Å². The highest BCUT2D eigenvalue weighted by Gasteiger charge is 1.93. The van der Waals surface area contributed by atoms with E-state index in [1.165, 1.54) is 0 Å². The Morgan fingerprint density at radius 2 is 1.87 bits per heavy atom. The topological polar surface area (TPSA) is 85.6 Å². The average Bonchev–Trinajstić information content (AvgIpc) is 2.26.